The second-order valence-electron chi connectivity index (χ2n) is 7.57. The lowest BCUT2D eigenvalue weighted by molar-refractivity contribution is 0.739. The number of nitrogens with zero attached hydrogens (tertiary/aromatic N) is 3. The van der Waals surface area contributed by atoms with Gasteiger partial charge in [-0.3, -0.25) is 10.1 Å². The van der Waals surface area contributed by atoms with Crippen molar-refractivity contribution in [3.63, 3.8) is 0 Å². The number of rotatable bonds is 3. The SMILES string of the molecule is Cc1ccc(-c2nccc3[nH]c(-c4n[nH]c5ccc(C6=CCNCC6)cc45)nc23)s1. The van der Waals surface area contributed by atoms with Crippen molar-refractivity contribution in [2.24, 2.45) is 0 Å². The summed E-state index contributed by atoms with van der Waals surface area (Å²) in [5.74, 6) is 0.759. The second kappa shape index (κ2) is 6.90. The van der Waals surface area contributed by atoms with Gasteiger partial charge in [0.2, 0.25) is 0 Å². The molecule has 6 rings (SSSR count). The Morgan fingerprint density at radius 3 is 2.83 bits per heavy atom. The first kappa shape index (κ1) is 17.6. The number of H-pyrrole nitrogens is 2. The highest BCUT2D eigenvalue weighted by molar-refractivity contribution is 7.15. The number of hydrogen-bond donors (Lipinski definition) is 3. The quantitative estimate of drug-likeness (QED) is 0.393. The number of thiophene rings is 1. The molecule has 7 heteroatoms. The maximum atomic E-state index is 4.91. The summed E-state index contributed by atoms with van der Waals surface area (Å²) in [6.45, 7) is 4.05. The molecule has 0 saturated heterocycles. The minimum absolute atomic E-state index is 0.759. The van der Waals surface area contributed by atoms with E-state index in [2.05, 4.69) is 68.8 Å². The summed E-state index contributed by atoms with van der Waals surface area (Å²) in [6, 6.07) is 12.7. The molecular weight excluding hydrogens is 392 g/mol. The van der Waals surface area contributed by atoms with Crippen molar-refractivity contribution in [1.29, 1.82) is 0 Å². The van der Waals surface area contributed by atoms with Gasteiger partial charge in [-0.25, -0.2) is 4.98 Å². The molecular formula is C23H20N6S. The number of imidazole rings is 1. The molecule has 5 aromatic rings. The summed E-state index contributed by atoms with van der Waals surface area (Å²) in [4.78, 5) is 15.4. The number of benzene rings is 1. The Bertz CT molecular complexity index is 1420. The fourth-order valence-electron chi connectivity index (χ4n) is 4.07. The van der Waals surface area contributed by atoms with E-state index >= 15 is 0 Å². The summed E-state index contributed by atoms with van der Waals surface area (Å²) in [5, 5.41) is 12.2. The van der Waals surface area contributed by atoms with E-state index in [-0.39, 0.29) is 0 Å². The van der Waals surface area contributed by atoms with Gasteiger partial charge < -0.3 is 10.3 Å². The molecule has 1 aromatic carbocycles. The zero-order chi connectivity index (χ0) is 20.1. The zero-order valence-corrected chi connectivity index (χ0v) is 17.3. The first-order chi connectivity index (χ1) is 14.8. The van der Waals surface area contributed by atoms with E-state index < -0.39 is 0 Å². The second-order valence-corrected chi connectivity index (χ2v) is 8.86. The fourth-order valence-corrected chi connectivity index (χ4v) is 4.93. The molecule has 148 valence electrons. The molecule has 1 aliphatic rings. The van der Waals surface area contributed by atoms with Crippen molar-refractivity contribution in [3.8, 4) is 22.1 Å². The maximum Gasteiger partial charge on any atom is 0.159 e. The van der Waals surface area contributed by atoms with Gasteiger partial charge >= 0.3 is 0 Å². The number of hydrogen-bond acceptors (Lipinski definition) is 5. The smallest absolute Gasteiger partial charge is 0.159 e. The lowest BCUT2D eigenvalue weighted by Crippen LogP contribution is -2.19. The van der Waals surface area contributed by atoms with Crippen LogP contribution in [0.15, 0.2) is 48.7 Å². The Hall–Kier alpha value is -3.29. The molecule has 0 radical (unpaired) electrons. The van der Waals surface area contributed by atoms with Crippen molar-refractivity contribution in [2.75, 3.05) is 13.1 Å². The molecule has 0 bridgehead atoms. The summed E-state index contributed by atoms with van der Waals surface area (Å²) in [7, 11) is 0. The van der Waals surface area contributed by atoms with Crippen LogP contribution < -0.4 is 5.32 Å². The molecule has 0 atom stereocenters. The van der Waals surface area contributed by atoms with Gasteiger partial charge in [0.05, 0.1) is 15.9 Å². The normalized spacial score (nSPS) is 14.5. The van der Waals surface area contributed by atoms with Gasteiger partial charge in [-0.2, -0.15) is 5.10 Å². The molecule has 1 aliphatic heterocycles. The van der Waals surface area contributed by atoms with Crippen molar-refractivity contribution in [2.45, 2.75) is 13.3 Å². The minimum Gasteiger partial charge on any atom is -0.336 e. The number of pyridine rings is 1. The molecule has 6 nitrogen and oxygen atoms in total. The van der Waals surface area contributed by atoms with E-state index in [9.17, 15) is 0 Å². The Balaban J connectivity index is 1.49. The van der Waals surface area contributed by atoms with Gasteiger partial charge in [0.25, 0.3) is 0 Å². The highest BCUT2D eigenvalue weighted by atomic mass is 32.1. The van der Waals surface area contributed by atoms with Gasteiger partial charge in [0.15, 0.2) is 5.82 Å². The third-order valence-corrected chi connectivity index (χ3v) is 6.60. The van der Waals surface area contributed by atoms with Crippen molar-refractivity contribution < 1.29 is 0 Å². The highest BCUT2D eigenvalue weighted by Crippen LogP contribution is 2.34. The van der Waals surface area contributed by atoms with Gasteiger partial charge in [-0.1, -0.05) is 12.1 Å². The zero-order valence-electron chi connectivity index (χ0n) is 16.5. The Morgan fingerprint density at radius 2 is 2.00 bits per heavy atom. The lowest BCUT2D eigenvalue weighted by atomic mass is 9.98. The average Bonchev–Trinajstić information content (AvgIpc) is 3.51. The standard InChI is InChI=1S/C23H20N6S/c1-13-2-5-19(30-13)22-21-18(8-11-25-22)26-23(27-21)20-16-12-15(3-4-17(16)28-29-20)14-6-9-24-10-7-14/h2-6,8,11-12,24H,7,9-10H2,1H3,(H,26,27)(H,28,29). The topological polar surface area (TPSA) is 82.3 Å². The van der Waals surface area contributed by atoms with E-state index in [4.69, 9.17) is 4.98 Å². The third-order valence-electron chi connectivity index (χ3n) is 5.60. The molecule has 3 N–H and O–H groups in total. The highest BCUT2D eigenvalue weighted by Gasteiger charge is 2.17. The largest absolute Gasteiger partial charge is 0.336 e. The first-order valence-electron chi connectivity index (χ1n) is 10.1. The van der Waals surface area contributed by atoms with Crippen molar-refractivity contribution >= 4 is 38.8 Å². The van der Waals surface area contributed by atoms with E-state index in [1.165, 1.54) is 16.0 Å². The van der Waals surface area contributed by atoms with Crippen LogP contribution >= 0.6 is 11.3 Å². The molecule has 0 saturated carbocycles. The van der Waals surface area contributed by atoms with E-state index in [1.54, 1.807) is 11.3 Å². The molecule has 30 heavy (non-hydrogen) atoms. The van der Waals surface area contributed by atoms with E-state index in [0.29, 0.717) is 0 Å². The van der Waals surface area contributed by atoms with Crippen LogP contribution in [0.1, 0.15) is 16.9 Å². The molecule has 0 fully saturated rings. The minimum atomic E-state index is 0.759. The summed E-state index contributed by atoms with van der Waals surface area (Å²) < 4.78 is 0. The van der Waals surface area contributed by atoms with Crippen LogP contribution in [0.4, 0.5) is 0 Å². The summed E-state index contributed by atoms with van der Waals surface area (Å²) in [5.41, 5.74) is 7.23. The molecule has 0 spiro atoms. The van der Waals surface area contributed by atoms with Crippen LogP contribution in [-0.2, 0) is 0 Å². The summed E-state index contributed by atoms with van der Waals surface area (Å²) >= 11 is 1.73. The van der Waals surface area contributed by atoms with Crippen molar-refractivity contribution in [1.82, 2.24) is 30.5 Å². The van der Waals surface area contributed by atoms with Gasteiger partial charge in [0, 0.05) is 23.0 Å². The predicted octanol–water partition coefficient (Wildman–Crippen LogP) is 4.91. The van der Waals surface area contributed by atoms with Crippen LogP contribution in [0, 0.1) is 6.92 Å². The molecule has 0 unspecified atom stereocenters. The van der Waals surface area contributed by atoms with Gasteiger partial charge in [0.1, 0.15) is 16.9 Å². The van der Waals surface area contributed by atoms with Gasteiger partial charge in [-0.05, 0) is 61.4 Å². The molecule has 4 aromatic heterocycles. The Morgan fingerprint density at radius 1 is 1.03 bits per heavy atom. The first-order valence-corrected chi connectivity index (χ1v) is 10.9. The third kappa shape index (κ3) is 2.86. The van der Waals surface area contributed by atoms with Crippen LogP contribution in [0.3, 0.4) is 0 Å². The Kier molecular flexibility index (Phi) is 4.04. The lowest BCUT2D eigenvalue weighted by Gasteiger charge is -2.14. The molecule has 0 aliphatic carbocycles. The number of aromatic amines is 2. The number of aromatic nitrogens is 5. The van der Waals surface area contributed by atoms with Gasteiger partial charge in [-0.15, -0.1) is 11.3 Å². The van der Waals surface area contributed by atoms with E-state index in [1.807, 2.05) is 12.3 Å². The maximum absolute atomic E-state index is 4.91. The number of aryl methyl sites for hydroxylation is 1. The van der Waals surface area contributed by atoms with Crippen LogP contribution in [0.25, 0.3) is 49.6 Å². The van der Waals surface area contributed by atoms with Crippen molar-refractivity contribution in [3.05, 3.63) is 59.1 Å². The number of fused-ring (bicyclic) bond motifs is 2. The van der Waals surface area contributed by atoms with E-state index in [0.717, 1.165) is 63.5 Å². The number of nitrogens with one attached hydrogen (secondary N) is 3. The molecule has 0 amide bonds. The predicted molar refractivity (Wildman–Crippen MR) is 122 cm³/mol. The van der Waals surface area contributed by atoms with Crippen LogP contribution in [-0.4, -0.2) is 38.2 Å². The van der Waals surface area contributed by atoms with Crippen LogP contribution in [0.2, 0.25) is 0 Å². The fraction of sp³-hybridized carbons (Fsp3) is 0.174. The van der Waals surface area contributed by atoms with Crippen LogP contribution in [0.5, 0.6) is 0 Å². The Labute approximate surface area is 177 Å². The monoisotopic (exact) mass is 412 g/mol. The average molecular weight is 413 g/mol. The summed E-state index contributed by atoms with van der Waals surface area (Å²) in [6.07, 6.45) is 5.14. The molecule has 5 heterocycles.